The summed E-state index contributed by atoms with van der Waals surface area (Å²) >= 11 is 0. The Morgan fingerprint density at radius 3 is 2.18 bits per heavy atom. The molecule has 2 aromatic rings. The third-order valence-electron chi connectivity index (χ3n) is 3.33. The Labute approximate surface area is 127 Å². The summed E-state index contributed by atoms with van der Waals surface area (Å²) in [6.07, 6.45) is 6.58. The number of nitrogens with zero attached hydrogens (tertiary/aromatic N) is 6. The normalized spacial score (nSPS) is 14.7. The van der Waals surface area contributed by atoms with Gasteiger partial charge in [0, 0.05) is 51.0 Å². The molecule has 114 valence electrons. The topological polar surface area (TPSA) is 84.3 Å². The lowest BCUT2D eigenvalue weighted by Crippen LogP contribution is -2.50. The molecule has 0 bridgehead atoms. The van der Waals surface area contributed by atoms with Crippen molar-refractivity contribution in [3.8, 4) is 6.01 Å². The van der Waals surface area contributed by atoms with Crippen LogP contribution < -0.4 is 9.64 Å². The monoisotopic (exact) mass is 300 g/mol. The van der Waals surface area contributed by atoms with Gasteiger partial charge in [0.1, 0.15) is 0 Å². The molecule has 0 saturated carbocycles. The largest absolute Gasteiger partial charge is 0.453 e. The van der Waals surface area contributed by atoms with E-state index in [-0.39, 0.29) is 18.5 Å². The molecular weight excluding hydrogens is 284 g/mol. The van der Waals surface area contributed by atoms with E-state index in [1.165, 1.54) is 0 Å². The van der Waals surface area contributed by atoms with Crippen LogP contribution in [0.4, 0.5) is 5.95 Å². The number of hydrogen-bond donors (Lipinski definition) is 0. The maximum Gasteiger partial charge on any atom is 0.316 e. The number of ether oxygens (including phenoxy) is 1. The van der Waals surface area contributed by atoms with E-state index in [1.807, 2.05) is 0 Å². The zero-order valence-electron chi connectivity index (χ0n) is 12.0. The molecule has 1 fully saturated rings. The highest BCUT2D eigenvalue weighted by molar-refractivity contribution is 5.78. The van der Waals surface area contributed by atoms with Crippen molar-refractivity contribution in [1.82, 2.24) is 24.8 Å². The molecule has 0 radical (unpaired) electrons. The van der Waals surface area contributed by atoms with Gasteiger partial charge in [0.15, 0.2) is 6.61 Å². The fourth-order valence-electron chi connectivity index (χ4n) is 2.19. The number of hydrogen-bond acceptors (Lipinski definition) is 7. The van der Waals surface area contributed by atoms with E-state index in [9.17, 15) is 4.79 Å². The SMILES string of the molecule is O=C(COc1ncccn1)N1CCN(c2ncccn2)CC1. The van der Waals surface area contributed by atoms with Gasteiger partial charge >= 0.3 is 6.01 Å². The molecule has 8 heteroatoms. The summed E-state index contributed by atoms with van der Waals surface area (Å²) in [5.74, 6) is 0.629. The van der Waals surface area contributed by atoms with Gasteiger partial charge in [0.2, 0.25) is 5.95 Å². The number of rotatable bonds is 4. The first kappa shape index (κ1) is 14.2. The third kappa shape index (κ3) is 3.46. The van der Waals surface area contributed by atoms with Crippen molar-refractivity contribution in [3.63, 3.8) is 0 Å². The van der Waals surface area contributed by atoms with Gasteiger partial charge in [0.25, 0.3) is 5.91 Å². The second-order valence-electron chi connectivity index (χ2n) is 4.74. The van der Waals surface area contributed by atoms with Gasteiger partial charge in [0.05, 0.1) is 0 Å². The minimum absolute atomic E-state index is 0.0498. The molecule has 0 N–H and O–H groups in total. The van der Waals surface area contributed by atoms with Crippen LogP contribution in [0.1, 0.15) is 0 Å². The molecule has 1 aliphatic heterocycles. The molecule has 3 rings (SSSR count). The molecule has 1 amide bonds. The van der Waals surface area contributed by atoms with Crippen LogP contribution in [-0.4, -0.2) is 63.5 Å². The number of carbonyl (C=O) groups excluding carboxylic acids is 1. The molecule has 1 saturated heterocycles. The van der Waals surface area contributed by atoms with Crippen molar-refractivity contribution in [2.75, 3.05) is 37.7 Å². The van der Waals surface area contributed by atoms with Gasteiger partial charge in [-0.15, -0.1) is 0 Å². The maximum absolute atomic E-state index is 12.1. The van der Waals surface area contributed by atoms with Crippen molar-refractivity contribution in [3.05, 3.63) is 36.9 Å². The summed E-state index contributed by atoms with van der Waals surface area (Å²) in [5.41, 5.74) is 0. The van der Waals surface area contributed by atoms with E-state index >= 15 is 0 Å². The van der Waals surface area contributed by atoms with Gasteiger partial charge in [-0.05, 0) is 12.1 Å². The smallest absolute Gasteiger partial charge is 0.316 e. The van der Waals surface area contributed by atoms with E-state index in [2.05, 4.69) is 24.8 Å². The summed E-state index contributed by atoms with van der Waals surface area (Å²) in [6, 6.07) is 3.69. The number of amides is 1. The molecule has 0 unspecified atom stereocenters. The first-order valence-electron chi connectivity index (χ1n) is 7.02. The van der Waals surface area contributed by atoms with E-state index in [0.717, 1.165) is 0 Å². The van der Waals surface area contributed by atoms with Crippen molar-refractivity contribution >= 4 is 11.9 Å². The summed E-state index contributed by atoms with van der Waals surface area (Å²) in [5, 5.41) is 0. The Kier molecular flexibility index (Phi) is 4.38. The molecule has 8 nitrogen and oxygen atoms in total. The van der Waals surface area contributed by atoms with Crippen LogP contribution in [0.5, 0.6) is 6.01 Å². The molecule has 22 heavy (non-hydrogen) atoms. The van der Waals surface area contributed by atoms with Gasteiger partial charge in [-0.25, -0.2) is 19.9 Å². The average molecular weight is 300 g/mol. The molecular formula is C14H16N6O2. The summed E-state index contributed by atoms with van der Waals surface area (Å²) in [4.78, 5) is 32.2. The Morgan fingerprint density at radius 2 is 1.55 bits per heavy atom. The molecule has 3 heterocycles. The summed E-state index contributed by atoms with van der Waals surface area (Å²) < 4.78 is 5.28. The first-order chi connectivity index (χ1) is 10.8. The fourth-order valence-corrected chi connectivity index (χ4v) is 2.19. The molecule has 0 aliphatic carbocycles. The summed E-state index contributed by atoms with van der Waals surface area (Å²) in [6.45, 7) is 2.60. The fraction of sp³-hybridized carbons (Fsp3) is 0.357. The van der Waals surface area contributed by atoms with Crippen LogP contribution in [-0.2, 0) is 4.79 Å². The Morgan fingerprint density at radius 1 is 0.955 bits per heavy atom. The van der Waals surface area contributed by atoms with Gasteiger partial charge in [-0.3, -0.25) is 4.79 Å². The Balaban J connectivity index is 1.48. The second-order valence-corrected chi connectivity index (χ2v) is 4.74. The number of piperazine rings is 1. The van der Waals surface area contributed by atoms with Crippen molar-refractivity contribution < 1.29 is 9.53 Å². The lowest BCUT2D eigenvalue weighted by atomic mass is 10.3. The van der Waals surface area contributed by atoms with Crippen LogP contribution >= 0.6 is 0 Å². The second kappa shape index (κ2) is 6.79. The van der Waals surface area contributed by atoms with E-state index in [1.54, 1.807) is 41.8 Å². The van der Waals surface area contributed by atoms with Crippen molar-refractivity contribution in [1.29, 1.82) is 0 Å². The van der Waals surface area contributed by atoms with Gasteiger partial charge in [-0.2, -0.15) is 0 Å². The van der Waals surface area contributed by atoms with Gasteiger partial charge < -0.3 is 14.5 Å². The highest BCUT2D eigenvalue weighted by atomic mass is 16.5. The Hall–Kier alpha value is -2.77. The lowest BCUT2D eigenvalue weighted by Gasteiger charge is -2.34. The van der Waals surface area contributed by atoms with Crippen LogP contribution in [0.2, 0.25) is 0 Å². The minimum atomic E-state index is -0.0684. The zero-order chi connectivity index (χ0) is 15.2. The predicted octanol–water partition coefficient (Wildman–Crippen LogP) is -0.00580. The highest BCUT2D eigenvalue weighted by Gasteiger charge is 2.22. The highest BCUT2D eigenvalue weighted by Crippen LogP contribution is 2.10. The maximum atomic E-state index is 12.1. The van der Waals surface area contributed by atoms with Gasteiger partial charge in [-0.1, -0.05) is 0 Å². The van der Waals surface area contributed by atoms with Crippen LogP contribution in [0.15, 0.2) is 36.9 Å². The standard InChI is InChI=1S/C14H16N6O2/c21-12(11-22-14-17-5-2-6-18-14)19-7-9-20(10-8-19)13-15-3-1-4-16-13/h1-6H,7-11H2. The predicted molar refractivity (Wildman–Crippen MR) is 78.4 cm³/mol. The molecule has 0 aromatic carbocycles. The summed E-state index contributed by atoms with van der Waals surface area (Å²) in [7, 11) is 0. The van der Waals surface area contributed by atoms with E-state index in [0.29, 0.717) is 32.1 Å². The lowest BCUT2D eigenvalue weighted by molar-refractivity contribution is -0.133. The van der Waals surface area contributed by atoms with Crippen LogP contribution in [0, 0.1) is 0 Å². The van der Waals surface area contributed by atoms with Crippen LogP contribution in [0.3, 0.4) is 0 Å². The van der Waals surface area contributed by atoms with E-state index < -0.39 is 0 Å². The quantitative estimate of drug-likeness (QED) is 0.785. The third-order valence-corrected chi connectivity index (χ3v) is 3.33. The zero-order valence-corrected chi connectivity index (χ0v) is 12.0. The molecule has 0 spiro atoms. The number of aromatic nitrogens is 4. The molecule has 2 aromatic heterocycles. The van der Waals surface area contributed by atoms with Crippen molar-refractivity contribution in [2.24, 2.45) is 0 Å². The number of anilines is 1. The Bertz CT molecular complexity index is 601. The first-order valence-corrected chi connectivity index (χ1v) is 7.02. The molecule has 1 aliphatic rings. The average Bonchev–Trinajstić information content (AvgIpc) is 2.61. The van der Waals surface area contributed by atoms with Crippen LogP contribution in [0.25, 0.3) is 0 Å². The van der Waals surface area contributed by atoms with Crippen molar-refractivity contribution in [2.45, 2.75) is 0 Å². The minimum Gasteiger partial charge on any atom is -0.453 e. The van der Waals surface area contributed by atoms with E-state index in [4.69, 9.17) is 4.74 Å². The number of carbonyl (C=O) groups is 1. The molecule has 0 atom stereocenters.